The average molecular weight is 280 g/mol. The normalized spacial score (nSPS) is 14.5. The Balaban J connectivity index is 2.10. The van der Waals surface area contributed by atoms with Gasteiger partial charge in [0.05, 0.1) is 10.7 Å². The third-order valence-electron chi connectivity index (χ3n) is 3.21. The van der Waals surface area contributed by atoms with Gasteiger partial charge < -0.3 is 10.2 Å². The summed E-state index contributed by atoms with van der Waals surface area (Å²) in [4.78, 5) is 6.89. The van der Waals surface area contributed by atoms with Gasteiger partial charge in [-0.15, -0.1) is 0 Å². The summed E-state index contributed by atoms with van der Waals surface area (Å²) in [5.74, 6) is 0.975. The van der Waals surface area contributed by atoms with E-state index in [4.69, 9.17) is 11.6 Å². The summed E-state index contributed by atoms with van der Waals surface area (Å²) in [6.45, 7) is 10.6. The van der Waals surface area contributed by atoms with Crippen molar-refractivity contribution >= 4 is 17.4 Å². The number of halogens is 1. The summed E-state index contributed by atoms with van der Waals surface area (Å²) in [5, 5.41) is 4.19. The highest BCUT2D eigenvalue weighted by atomic mass is 35.5. The van der Waals surface area contributed by atoms with Gasteiger partial charge in [-0.1, -0.05) is 23.8 Å². The zero-order valence-corrected chi connectivity index (χ0v) is 12.5. The minimum Gasteiger partial charge on any atom is -0.353 e. The van der Waals surface area contributed by atoms with Crippen molar-refractivity contribution < 1.29 is 0 Å². The van der Waals surface area contributed by atoms with Gasteiger partial charge in [-0.25, -0.2) is 4.98 Å². The van der Waals surface area contributed by atoms with E-state index in [1.807, 2.05) is 19.1 Å². The summed E-state index contributed by atoms with van der Waals surface area (Å²) in [6, 6.07) is 4.59. The lowest BCUT2D eigenvalue weighted by molar-refractivity contribution is 0.673. The first-order valence-electron chi connectivity index (χ1n) is 6.88. The van der Waals surface area contributed by atoms with Crippen LogP contribution >= 0.6 is 11.6 Å². The van der Waals surface area contributed by atoms with Crippen LogP contribution in [0.4, 0.5) is 5.82 Å². The number of hydrogen-bond acceptors (Lipinski definition) is 3. The fourth-order valence-corrected chi connectivity index (χ4v) is 2.15. The molecule has 0 saturated heterocycles. The molecule has 1 aromatic rings. The van der Waals surface area contributed by atoms with Crippen molar-refractivity contribution in [3.63, 3.8) is 0 Å². The monoisotopic (exact) mass is 279 g/mol. The van der Waals surface area contributed by atoms with Gasteiger partial charge >= 0.3 is 0 Å². The molecule has 4 heteroatoms. The van der Waals surface area contributed by atoms with E-state index in [0.717, 1.165) is 41.7 Å². The van der Waals surface area contributed by atoms with E-state index in [9.17, 15) is 0 Å². The maximum Gasteiger partial charge on any atom is 0.129 e. The van der Waals surface area contributed by atoms with E-state index in [0.29, 0.717) is 6.04 Å². The molecule has 1 aliphatic rings. The van der Waals surface area contributed by atoms with Gasteiger partial charge in [0.25, 0.3) is 0 Å². The molecule has 0 aliphatic heterocycles. The number of hydrogen-bond donors (Lipinski definition) is 1. The van der Waals surface area contributed by atoms with Crippen LogP contribution in [0.25, 0.3) is 0 Å². The third-order valence-corrected chi connectivity index (χ3v) is 3.55. The summed E-state index contributed by atoms with van der Waals surface area (Å²) < 4.78 is 0. The van der Waals surface area contributed by atoms with Crippen LogP contribution < -0.4 is 10.2 Å². The lowest BCUT2D eigenvalue weighted by Crippen LogP contribution is -2.26. The van der Waals surface area contributed by atoms with Crippen LogP contribution in [0.15, 0.2) is 24.3 Å². The molecule has 1 aliphatic carbocycles. The molecule has 0 atom stereocenters. The van der Waals surface area contributed by atoms with E-state index < -0.39 is 0 Å². The third kappa shape index (κ3) is 4.22. The summed E-state index contributed by atoms with van der Waals surface area (Å²) in [5.41, 5.74) is 2.07. The number of nitrogens with zero attached hydrogens (tertiary/aromatic N) is 2. The maximum absolute atomic E-state index is 6.22. The summed E-state index contributed by atoms with van der Waals surface area (Å²) in [7, 11) is 0. The predicted molar refractivity (Wildman–Crippen MR) is 81.8 cm³/mol. The Morgan fingerprint density at radius 2 is 2.26 bits per heavy atom. The number of nitrogens with one attached hydrogen (secondary N) is 1. The van der Waals surface area contributed by atoms with Crippen LogP contribution in [-0.2, 0) is 6.54 Å². The highest BCUT2D eigenvalue weighted by molar-refractivity contribution is 6.31. The topological polar surface area (TPSA) is 28.2 Å². The molecule has 3 nitrogen and oxygen atoms in total. The van der Waals surface area contributed by atoms with Crippen molar-refractivity contribution in [2.45, 2.75) is 39.3 Å². The van der Waals surface area contributed by atoms with Crippen LogP contribution in [0.3, 0.4) is 0 Å². The number of pyridine rings is 1. The maximum atomic E-state index is 6.22. The van der Waals surface area contributed by atoms with E-state index in [-0.39, 0.29) is 0 Å². The van der Waals surface area contributed by atoms with Crippen LogP contribution in [-0.4, -0.2) is 24.1 Å². The molecule has 104 valence electrons. The Hall–Kier alpha value is -1.06. The van der Waals surface area contributed by atoms with Gasteiger partial charge in [-0.3, -0.25) is 0 Å². The predicted octanol–water partition coefficient (Wildman–Crippen LogP) is 3.39. The second-order valence-corrected chi connectivity index (χ2v) is 5.63. The SMILES string of the molecule is C=C(C)CN(CC)c1ccc(Cl)c(CNC2CC2)n1. The van der Waals surface area contributed by atoms with Gasteiger partial charge in [0.1, 0.15) is 5.82 Å². The second kappa shape index (κ2) is 6.40. The smallest absolute Gasteiger partial charge is 0.129 e. The zero-order valence-electron chi connectivity index (χ0n) is 11.7. The molecule has 0 spiro atoms. The molecule has 0 radical (unpaired) electrons. The van der Waals surface area contributed by atoms with Crippen LogP contribution in [0.5, 0.6) is 0 Å². The lowest BCUT2D eigenvalue weighted by Gasteiger charge is -2.23. The van der Waals surface area contributed by atoms with Crippen LogP contribution in [0.2, 0.25) is 5.02 Å². The van der Waals surface area contributed by atoms with Gasteiger partial charge in [0.2, 0.25) is 0 Å². The van der Waals surface area contributed by atoms with Crippen LogP contribution in [0, 0.1) is 0 Å². The minimum absolute atomic E-state index is 0.666. The molecule has 1 saturated carbocycles. The van der Waals surface area contributed by atoms with Crippen molar-refractivity contribution in [1.29, 1.82) is 0 Å². The Morgan fingerprint density at radius 1 is 1.53 bits per heavy atom. The van der Waals surface area contributed by atoms with Gasteiger partial charge in [-0.2, -0.15) is 0 Å². The van der Waals surface area contributed by atoms with E-state index in [1.165, 1.54) is 12.8 Å². The van der Waals surface area contributed by atoms with Crippen molar-refractivity contribution in [1.82, 2.24) is 10.3 Å². The first-order chi connectivity index (χ1) is 9.10. The quantitative estimate of drug-likeness (QED) is 0.776. The Bertz CT molecular complexity index is 455. The van der Waals surface area contributed by atoms with Crippen LogP contribution in [0.1, 0.15) is 32.4 Å². The largest absolute Gasteiger partial charge is 0.353 e. The van der Waals surface area contributed by atoms with E-state index >= 15 is 0 Å². The zero-order chi connectivity index (χ0) is 13.8. The Morgan fingerprint density at radius 3 is 2.84 bits per heavy atom. The van der Waals surface area contributed by atoms with Gasteiger partial charge in [0, 0.05) is 25.7 Å². The number of anilines is 1. The molecule has 0 aromatic carbocycles. The van der Waals surface area contributed by atoms with Crippen molar-refractivity contribution in [2.75, 3.05) is 18.0 Å². The molecule has 0 bridgehead atoms. The molecule has 1 heterocycles. The summed E-state index contributed by atoms with van der Waals surface area (Å²) >= 11 is 6.22. The van der Waals surface area contributed by atoms with E-state index in [2.05, 4.69) is 28.7 Å². The van der Waals surface area contributed by atoms with E-state index in [1.54, 1.807) is 0 Å². The molecule has 2 rings (SSSR count). The molecule has 19 heavy (non-hydrogen) atoms. The van der Waals surface area contributed by atoms with Gasteiger partial charge in [0.15, 0.2) is 0 Å². The fourth-order valence-electron chi connectivity index (χ4n) is 1.98. The second-order valence-electron chi connectivity index (χ2n) is 5.22. The standard InChI is InChI=1S/C15H22ClN3/c1-4-19(10-11(2)3)15-8-7-13(16)14(18-15)9-17-12-5-6-12/h7-8,12,17H,2,4-6,9-10H2,1,3H3. The number of likely N-dealkylation sites (N-methyl/N-ethyl adjacent to an activating group) is 1. The lowest BCUT2D eigenvalue weighted by atomic mass is 10.3. The van der Waals surface area contributed by atoms with Crippen molar-refractivity contribution in [3.05, 3.63) is 35.0 Å². The number of rotatable bonds is 7. The minimum atomic E-state index is 0.666. The molecule has 1 N–H and O–H groups in total. The van der Waals surface area contributed by atoms with Crippen molar-refractivity contribution in [2.24, 2.45) is 0 Å². The first kappa shape index (κ1) is 14.4. The van der Waals surface area contributed by atoms with Crippen molar-refractivity contribution in [3.8, 4) is 0 Å². The first-order valence-corrected chi connectivity index (χ1v) is 7.26. The molecular formula is C15H22ClN3. The summed E-state index contributed by atoms with van der Waals surface area (Å²) in [6.07, 6.45) is 2.54. The molecule has 0 unspecified atom stereocenters. The number of aromatic nitrogens is 1. The Kier molecular flexibility index (Phi) is 4.83. The van der Waals surface area contributed by atoms with Gasteiger partial charge in [-0.05, 0) is 38.8 Å². The highest BCUT2D eigenvalue weighted by Gasteiger charge is 2.21. The molecule has 1 aromatic heterocycles. The highest BCUT2D eigenvalue weighted by Crippen LogP contribution is 2.23. The molecule has 1 fully saturated rings. The Labute approximate surface area is 120 Å². The average Bonchev–Trinajstić information content (AvgIpc) is 3.19. The molecule has 0 amide bonds. The fraction of sp³-hybridized carbons (Fsp3) is 0.533. The molecular weight excluding hydrogens is 258 g/mol.